The number of amides is 1. The molecular weight excluding hydrogens is 530 g/mol. The van der Waals surface area contributed by atoms with Gasteiger partial charge in [0.15, 0.2) is 4.80 Å². The van der Waals surface area contributed by atoms with Gasteiger partial charge in [-0.25, -0.2) is 4.99 Å². The van der Waals surface area contributed by atoms with E-state index in [1.165, 1.54) is 22.7 Å². The van der Waals surface area contributed by atoms with E-state index >= 15 is 0 Å². The van der Waals surface area contributed by atoms with Gasteiger partial charge in [0.2, 0.25) is 0 Å². The number of nitrogens with one attached hydrogen (secondary N) is 1. The molecule has 170 valence electrons. The number of anilines is 1. The van der Waals surface area contributed by atoms with Gasteiger partial charge in [-0.05, 0) is 60.7 Å². The monoisotopic (exact) mass is 549 g/mol. The average Bonchev–Trinajstić information content (AvgIpc) is 3.43. The van der Waals surface area contributed by atoms with E-state index in [-0.39, 0.29) is 11.5 Å². The molecule has 1 N–H and O–H groups in total. The number of halogens is 1. The van der Waals surface area contributed by atoms with Crippen molar-refractivity contribution in [1.82, 2.24) is 4.57 Å². The van der Waals surface area contributed by atoms with Gasteiger partial charge in [-0.1, -0.05) is 63.7 Å². The van der Waals surface area contributed by atoms with Crippen LogP contribution < -0.4 is 20.2 Å². The van der Waals surface area contributed by atoms with Crippen LogP contribution in [0.5, 0.6) is 0 Å². The summed E-state index contributed by atoms with van der Waals surface area (Å²) in [6.07, 6.45) is 1.87. The highest BCUT2D eigenvalue weighted by Gasteiger charge is 2.33. The van der Waals surface area contributed by atoms with Crippen LogP contribution in [-0.4, -0.2) is 10.5 Å². The molecule has 2 aromatic carbocycles. The summed E-state index contributed by atoms with van der Waals surface area (Å²) < 4.78 is 3.17. The number of carbonyl (C=O) groups excluding carboxylic acids is 1. The minimum Gasteiger partial charge on any atom is -0.322 e. The quantitative estimate of drug-likeness (QED) is 0.389. The first-order valence-electron chi connectivity index (χ1n) is 10.6. The Labute approximate surface area is 212 Å². The lowest BCUT2D eigenvalue weighted by Gasteiger charge is -2.24. The summed E-state index contributed by atoms with van der Waals surface area (Å²) >= 11 is 6.34. The molecule has 0 radical (unpaired) electrons. The standard InChI is InChI=1S/C26H20BrN3O2S2/c1-15-7-3-4-10-19(15)29-24(31)22-16(2)28-26-30(23(22)20-11-6-12-33-20)25(32)21(34-26)14-17-8-5-9-18(27)13-17/h3-14,23H,1-2H3,(H,29,31)/b21-14+. The maximum Gasteiger partial charge on any atom is 0.271 e. The number of nitrogens with zero attached hydrogens (tertiary/aromatic N) is 2. The summed E-state index contributed by atoms with van der Waals surface area (Å²) in [5, 5.41) is 4.99. The Bertz CT molecular complexity index is 1610. The Hall–Kier alpha value is -3.07. The number of carbonyl (C=O) groups is 1. The van der Waals surface area contributed by atoms with Crippen LogP contribution in [0.1, 0.15) is 29.0 Å². The van der Waals surface area contributed by atoms with Crippen molar-refractivity contribution >= 4 is 56.3 Å². The lowest BCUT2D eigenvalue weighted by atomic mass is 10.0. The maximum atomic E-state index is 13.6. The molecule has 0 bridgehead atoms. The molecule has 1 aliphatic rings. The van der Waals surface area contributed by atoms with Crippen LogP contribution in [0, 0.1) is 6.92 Å². The summed E-state index contributed by atoms with van der Waals surface area (Å²) in [6.45, 7) is 3.78. The first-order chi connectivity index (χ1) is 16.4. The van der Waals surface area contributed by atoms with Crippen LogP contribution in [-0.2, 0) is 4.79 Å². The molecule has 5 nitrogen and oxygen atoms in total. The molecule has 1 unspecified atom stereocenters. The number of thiophene rings is 1. The predicted octanol–water partition coefficient (Wildman–Crippen LogP) is 5.01. The number of rotatable bonds is 4. The maximum absolute atomic E-state index is 13.6. The van der Waals surface area contributed by atoms with Crippen LogP contribution in [0.2, 0.25) is 0 Å². The van der Waals surface area contributed by atoms with E-state index in [2.05, 4.69) is 26.2 Å². The second kappa shape index (κ2) is 9.29. The van der Waals surface area contributed by atoms with Gasteiger partial charge in [0.05, 0.1) is 15.8 Å². The van der Waals surface area contributed by atoms with Crippen molar-refractivity contribution in [2.75, 3.05) is 5.32 Å². The van der Waals surface area contributed by atoms with E-state index < -0.39 is 6.04 Å². The zero-order chi connectivity index (χ0) is 23.8. The van der Waals surface area contributed by atoms with Crippen molar-refractivity contribution in [2.24, 2.45) is 4.99 Å². The Balaban J connectivity index is 1.65. The Morgan fingerprint density at radius 3 is 2.68 bits per heavy atom. The van der Waals surface area contributed by atoms with Gasteiger partial charge in [-0.2, -0.15) is 0 Å². The molecule has 8 heteroatoms. The van der Waals surface area contributed by atoms with Gasteiger partial charge in [0, 0.05) is 15.0 Å². The summed E-state index contributed by atoms with van der Waals surface area (Å²) in [6, 6.07) is 18.8. The zero-order valence-electron chi connectivity index (χ0n) is 18.4. The highest BCUT2D eigenvalue weighted by Crippen LogP contribution is 2.33. The number of para-hydroxylation sites is 1. The van der Waals surface area contributed by atoms with E-state index in [1.807, 2.05) is 86.0 Å². The van der Waals surface area contributed by atoms with Crippen molar-refractivity contribution in [3.05, 3.63) is 117 Å². The predicted molar refractivity (Wildman–Crippen MR) is 142 cm³/mol. The first kappa shape index (κ1) is 22.7. The molecule has 4 aromatic rings. The summed E-state index contributed by atoms with van der Waals surface area (Å²) in [5.74, 6) is -0.254. The highest BCUT2D eigenvalue weighted by atomic mass is 79.9. The number of hydrogen-bond acceptors (Lipinski definition) is 5. The number of aryl methyl sites for hydroxylation is 1. The minimum atomic E-state index is -0.537. The molecule has 0 aliphatic carbocycles. The van der Waals surface area contributed by atoms with Gasteiger partial charge < -0.3 is 5.32 Å². The molecule has 34 heavy (non-hydrogen) atoms. The van der Waals surface area contributed by atoms with Crippen LogP contribution in [0.25, 0.3) is 6.08 Å². The van der Waals surface area contributed by atoms with Gasteiger partial charge in [0.1, 0.15) is 6.04 Å². The van der Waals surface area contributed by atoms with Crippen molar-refractivity contribution < 1.29 is 4.79 Å². The topological polar surface area (TPSA) is 63.5 Å². The third-order valence-corrected chi connectivity index (χ3v) is 8.02. The second-order valence-corrected chi connectivity index (χ2v) is 10.8. The Kier molecular flexibility index (Phi) is 6.20. The third kappa shape index (κ3) is 4.24. The van der Waals surface area contributed by atoms with Gasteiger partial charge >= 0.3 is 0 Å². The number of allylic oxidation sites excluding steroid dienone is 1. The third-order valence-electron chi connectivity index (χ3n) is 5.62. The van der Waals surface area contributed by atoms with E-state index in [0.29, 0.717) is 20.6 Å². The van der Waals surface area contributed by atoms with Crippen molar-refractivity contribution in [2.45, 2.75) is 19.9 Å². The van der Waals surface area contributed by atoms with Crippen molar-refractivity contribution in [3.8, 4) is 0 Å². The van der Waals surface area contributed by atoms with Gasteiger partial charge in [-0.15, -0.1) is 11.3 Å². The Morgan fingerprint density at radius 2 is 1.94 bits per heavy atom. The van der Waals surface area contributed by atoms with Gasteiger partial charge in [-0.3, -0.25) is 14.2 Å². The second-order valence-electron chi connectivity index (χ2n) is 7.92. The molecule has 0 saturated carbocycles. The molecular formula is C26H20BrN3O2S2. The van der Waals surface area contributed by atoms with Crippen molar-refractivity contribution in [1.29, 1.82) is 0 Å². The summed E-state index contributed by atoms with van der Waals surface area (Å²) in [4.78, 5) is 33.4. The molecule has 1 aliphatic heterocycles. The molecule has 2 aromatic heterocycles. The number of hydrogen-bond donors (Lipinski definition) is 1. The molecule has 3 heterocycles. The van der Waals surface area contributed by atoms with E-state index in [1.54, 1.807) is 4.57 Å². The minimum absolute atomic E-state index is 0.157. The van der Waals surface area contributed by atoms with Crippen LogP contribution >= 0.6 is 38.6 Å². The normalized spacial score (nSPS) is 15.7. The smallest absolute Gasteiger partial charge is 0.271 e. The lowest BCUT2D eigenvalue weighted by molar-refractivity contribution is -0.113. The molecule has 0 fully saturated rings. The zero-order valence-corrected chi connectivity index (χ0v) is 21.6. The average molecular weight is 551 g/mol. The molecule has 1 atom stereocenters. The lowest BCUT2D eigenvalue weighted by Crippen LogP contribution is -2.40. The molecule has 1 amide bonds. The molecule has 0 spiro atoms. The molecule has 5 rings (SSSR count). The van der Waals surface area contributed by atoms with E-state index in [0.717, 1.165) is 26.2 Å². The van der Waals surface area contributed by atoms with E-state index in [9.17, 15) is 9.59 Å². The fraction of sp³-hybridized carbons (Fsp3) is 0.115. The number of benzene rings is 2. The van der Waals surface area contributed by atoms with Gasteiger partial charge in [0.25, 0.3) is 11.5 Å². The Morgan fingerprint density at radius 1 is 1.12 bits per heavy atom. The van der Waals surface area contributed by atoms with Crippen LogP contribution in [0.3, 0.4) is 0 Å². The largest absolute Gasteiger partial charge is 0.322 e. The number of aromatic nitrogens is 1. The summed E-state index contributed by atoms with van der Waals surface area (Å²) in [7, 11) is 0. The SMILES string of the molecule is CC1=C(C(=O)Nc2ccccc2C)C(c2cccs2)n2c(s/c(=C/c3cccc(Br)c3)c2=O)=N1. The van der Waals surface area contributed by atoms with E-state index in [4.69, 9.17) is 0 Å². The van der Waals surface area contributed by atoms with Crippen LogP contribution in [0.4, 0.5) is 5.69 Å². The molecule has 0 saturated heterocycles. The first-order valence-corrected chi connectivity index (χ1v) is 13.1. The number of thiazole rings is 1. The highest BCUT2D eigenvalue weighted by molar-refractivity contribution is 9.10. The fourth-order valence-electron chi connectivity index (χ4n) is 3.98. The summed E-state index contributed by atoms with van der Waals surface area (Å²) in [5.41, 5.74) is 3.56. The fourth-order valence-corrected chi connectivity index (χ4v) is 6.27. The van der Waals surface area contributed by atoms with Crippen LogP contribution in [0.15, 0.2) is 91.6 Å². The number of fused-ring (bicyclic) bond motifs is 1. The van der Waals surface area contributed by atoms with Crippen molar-refractivity contribution in [3.63, 3.8) is 0 Å².